The third kappa shape index (κ3) is 3.74. The molecule has 0 saturated carbocycles. The molecule has 124 valence electrons. The third-order valence-corrected chi connectivity index (χ3v) is 6.03. The van der Waals surface area contributed by atoms with Gasteiger partial charge in [-0.05, 0) is 50.1 Å². The lowest BCUT2D eigenvalue weighted by molar-refractivity contribution is -0.116. The number of nitriles is 1. The second-order valence-corrected chi connectivity index (χ2v) is 7.57. The summed E-state index contributed by atoms with van der Waals surface area (Å²) < 4.78 is 0. The van der Waals surface area contributed by atoms with Gasteiger partial charge in [-0.15, -0.1) is 11.3 Å². The maximum absolute atomic E-state index is 12.2. The molecule has 3 rings (SSSR count). The molecule has 23 heavy (non-hydrogen) atoms. The van der Waals surface area contributed by atoms with Crippen molar-refractivity contribution in [1.29, 1.82) is 5.26 Å². The van der Waals surface area contributed by atoms with E-state index < -0.39 is 0 Å². The van der Waals surface area contributed by atoms with Gasteiger partial charge in [0.1, 0.15) is 11.1 Å². The molecule has 0 spiro atoms. The Hall–Kier alpha value is -1.42. The van der Waals surface area contributed by atoms with Gasteiger partial charge in [0.05, 0.1) is 5.56 Å². The summed E-state index contributed by atoms with van der Waals surface area (Å²) in [7, 11) is 0. The second kappa shape index (κ2) is 7.43. The highest BCUT2D eigenvalue weighted by Gasteiger charge is 2.24. The normalized spacial score (nSPS) is 21.0. The van der Waals surface area contributed by atoms with Crippen molar-refractivity contribution < 1.29 is 9.90 Å². The Balaban J connectivity index is 1.56. The highest BCUT2D eigenvalue weighted by atomic mass is 32.1. The van der Waals surface area contributed by atoms with Gasteiger partial charge < -0.3 is 15.3 Å². The van der Waals surface area contributed by atoms with E-state index in [2.05, 4.69) is 16.3 Å². The summed E-state index contributed by atoms with van der Waals surface area (Å²) in [6.45, 7) is 2.78. The van der Waals surface area contributed by atoms with Crippen LogP contribution in [0.2, 0.25) is 0 Å². The van der Waals surface area contributed by atoms with Crippen LogP contribution in [0.3, 0.4) is 0 Å². The van der Waals surface area contributed by atoms with Crippen LogP contribution in [0.5, 0.6) is 0 Å². The number of anilines is 1. The van der Waals surface area contributed by atoms with Crippen molar-refractivity contribution in [2.75, 3.05) is 31.6 Å². The Morgan fingerprint density at radius 1 is 1.43 bits per heavy atom. The Bertz CT molecular complexity index is 620. The maximum atomic E-state index is 12.2. The van der Waals surface area contributed by atoms with E-state index in [1.54, 1.807) is 11.3 Å². The smallest absolute Gasteiger partial charge is 0.226 e. The predicted octanol–water partition coefficient (Wildman–Crippen LogP) is 2.14. The van der Waals surface area contributed by atoms with Crippen LogP contribution in [-0.4, -0.2) is 42.2 Å². The van der Waals surface area contributed by atoms with Crippen molar-refractivity contribution in [3.05, 3.63) is 16.0 Å². The molecular formula is C17H23N3O2S. The minimum atomic E-state index is -0.0208. The number of aliphatic hydroxyl groups is 1. The molecule has 1 saturated heterocycles. The fourth-order valence-corrected chi connectivity index (χ4v) is 4.74. The second-order valence-electron chi connectivity index (χ2n) is 6.46. The van der Waals surface area contributed by atoms with Gasteiger partial charge in [0.2, 0.25) is 5.91 Å². The number of carbonyl (C=O) groups excluding carboxylic acids is 1. The van der Waals surface area contributed by atoms with Crippen LogP contribution in [-0.2, 0) is 17.6 Å². The van der Waals surface area contributed by atoms with Gasteiger partial charge in [-0.2, -0.15) is 5.26 Å². The van der Waals surface area contributed by atoms with Gasteiger partial charge >= 0.3 is 0 Å². The molecule has 5 nitrogen and oxygen atoms in total. The van der Waals surface area contributed by atoms with E-state index in [0.29, 0.717) is 17.9 Å². The van der Waals surface area contributed by atoms with E-state index in [1.165, 1.54) is 11.3 Å². The van der Waals surface area contributed by atoms with Gasteiger partial charge in [-0.1, -0.05) is 0 Å². The number of hydrogen-bond donors (Lipinski definition) is 2. The molecule has 1 aromatic rings. The summed E-state index contributed by atoms with van der Waals surface area (Å²) in [4.78, 5) is 15.7. The monoisotopic (exact) mass is 333 g/mol. The van der Waals surface area contributed by atoms with Gasteiger partial charge in [0, 0.05) is 31.0 Å². The number of likely N-dealkylation sites (tertiary alicyclic amines) is 1. The lowest BCUT2D eigenvalue weighted by Gasteiger charge is -2.14. The average molecular weight is 333 g/mol. The van der Waals surface area contributed by atoms with E-state index in [1.807, 2.05) is 0 Å². The molecule has 1 fully saturated rings. The molecule has 0 radical (unpaired) electrons. The first-order valence-corrected chi connectivity index (χ1v) is 9.20. The van der Waals surface area contributed by atoms with Crippen LogP contribution in [0, 0.1) is 17.2 Å². The summed E-state index contributed by atoms with van der Waals surface area (Å²) in [5.74, 6) is 0.333. The summed E-state index contributed by atoms with van der Waals surface area (Å²) >= 11 is 1.58. The summed E-state index contributed by atoms with van der Waals surface area (Å²) in [5, 5.41) is 22.3. The Labute approximate surface area is 140 Å². The number of amides is 1. The fourth-order valence-electron chi connectivity index (χ4n) is 3.49. The van der Waals surface area contributed by atoms with E-state index in [-0.39, 0.29) is 12.5 Å². The Morgan fingerprint density at radius 2 is 2.26 bits per heavy atom. The van der Waals surface area contributed by atoms with E-state index in [0.717, 1.165) is 55.9 Å². The molecule has 6 heteroatoms. The Kier molecular flexibility index (Phi) is 5.31. The van der Waals surface area contributed by atoms with Crippen LogP contribution in [0.1, 0.15) is 41.7 Å². The van der Waals surface area contributed by atoms with Crippen molar-refractivity contribution in [3.8, 4) is 6.07 Å². The van der Waals surface area contributed by atoms with Crippen LogP contribution < -0.4 is 5.32 Å². The molecule has 1 unspecified atom stereocenters. The molecule has 2 N–H and O–H groups in total. The van der Waals surface area contributed by atoms with Gasteiger partial charge in [0.25, 0.3) is 0 Å². The molecule has 2 heterocycles. The topological polar surface area (TPSA) is 76.4 Å². The van der Waals surface area contributed by atoms with Crippen LogP contribution in [0.4, 0.5) is 5.00 Å². The first-order valence-electron chi connectivity index (χ1n) is 8.39. The van der Waals surface area contributed by atoms with Crippen molar-refractivity contribution in [2.24, 2.45) is 5.92 Å². The summed E-state index contributed by atoms with van der Waals surface area (Å²) in [5.41, 5.74) is 1.84. The van der Waals surface area contributed by atoms with Gasteiger partial charge in [0.15, 0.2) is 0 Å². The lowest BCUT2D eigenvalue weighted by Crippen LogP contribution is -2.26. The zero-order valence-electron chi connectivity index (χ0n) is 13.3. The maximum Gasteiger partial charge on any atom is 0.226 e. The first kappa shape index (κ1) is 16.4. The summed E-state index contributed by atoms with van der Waals surface area (Å²) in [6, 6.07) is 2.28. The van der Waals surface area contributed by atoms with Crippen LogP contribution in [0.15, 0.2) is 0 Å². The number of rotatable bonds is 5. The number of fused-ring (bicyclic) bond motifs is 1. The lowest BCUT2D eigenvalue weighted by atomic mass is 9.96. The fraction of sp³-hybridized carbons (Fsp3) is 0.647. The highest BCUT2D eigenvalue weighted by molar-refractivity contribution is 7.16. The number of nitrogens with zero attached hydrogens (tertiary/aromatic N) is 2. The average Bonchev–Trinajstić information content (AvgIpc) is 3.16. The molecule has 0 bridgehead atoms. The number of carbonyl (C=O) groups is 1. The molecule has 1 atom stereocenters. The largest absolute Gasteiger partial charge is 0.396 e. The minimum Gasteiger partial charge on any atom is -0.396 e. The van der Waals surface area contributed by atoms with E-state index >= 15 is 0 Å². The van der Waals surface area contributed by atoms with Crippen molar-refractivity contribution in [2.45, 2.75) is 38.5 Å². The molecule has 1 aromatic heterocycles. The van der Waals surface area contributed by atoms with E-state index in [9.17, 15) is 10.1 Å². The number of nitrogens with one attached hydrogen (secondary N) is 1. The van der Waals surface area contributed by atoms with Crippen molar-refractivity contribution in [1.82, 2.24) is 4.90 Å². The van der Waals surface area contributed by atoms with Crippen LogP contribution in [0.25, 0.3) is 0 Å². The number of thiophene rings is 1. The third-order valence-electron chi connectivity index (χ3n) is 4.82. The molecule has 0 aromatic carbocycles. The van der Waals surface area contributed by atoms with Crippen molar-refractivity contribution >= 4 is 22.2 Å². The first-order chi connectivity index (χ1) is 11.2. The van der Waals surface area contributed by atoms with Gasteiger partial charge in [-0.3, -0.25) is 4.79 Å². The Morgan fingerprint density at radius 3 is 3.00 bits per heavy atom. The molecule has 1 aliphatic heterocycles. The standard InChI is InChI=1S/C17H23N3O2S/c18-9-14-13-3-1-2-4-15(13)23-17(14)19-16(22)6-8-20-7-5-12(10-20)11-21/h12,21H,1-8,10-11H2,(H,19,22). The number of aryl methyl sites for hydroxylation is 1. The molecular weight excluding hydrogens is 310 g/mol. The molecule has 1 aliphatic carbocycles. The minimum absolute atomic E-state index is 0.0208. The quantitative estimate of drug-likeness (QED) is 0.865. The highest BCUT2D eigenvalue weighted by Crippen LogP contribution is 2.37. The zero-order chi connectivity index (χ0) is 16.2. The molecule has 1 amide bonds. The van der Waals surface area contributed by atoms with Gasteiger partial charge in [-0.25, -0.2) is 0 Å². The van der Waals surface area contributed by atoms with Crippen LogP contribution >= 0.6 is 11.3 Å². The zero-order valence-corrected chi connectivity index (χ0v) is 14.1. The van der Waals surface area contributed by atoms with E-state index in [4.69, 9.17) is 5.11 Å². The van der Waals surface area contributed by atoms with Crippen molar-refractivity contribution in [3.63, 3.8) is 0 Å². The number of aliphatic hydroxyl groups excluding tert-OH is 1. The molecule has 2 aliphatic rings. The number of hydrogen-bond acceptors (Lipinski definition) is 5. The predicted molar refractivity (Wildman–Crippen MR) is 90.6 cm³/mol. The summed E-state index contributed by atoms with van der Waals surface area (Å²) in [6.07, 6.45) is 5.74. The SMILES string of the molecule is N#Cc1c(NC(=O)CCN2CCC(CO)C2)sc2c1CCCC2.